The maximum absolute atomic E-state index is 9.07. The normalized spacial score (nSPS) is 20.1. The maximum Gasteiger partial charge on any atom is 0.0968 e. The van der Waals surface area contributed by atoms with E-state index in [9.17, 15) is 0 Å². The molecule has 1 atom stereocenters. The smallest absolute Gasteiger partial charge is 0.0968 e. The van der Waals surface area contributed by atoms with Crippen LogP contribution in [0, 0.1) is 0 Å². The zero-order valence-corrected chi connectivity index (χ0v) is 12.4. The van der Waals surface area contributed by atoms with Crippen molar-refractivity contribution in [3.63, 3.8) is 0 Å². The number of aromatic nitrogens is 1. The third-order valence-electron chi connectivity index (χ3n) is 3.92. The van der Waals surface area contributed by atoms with Crippen LogP contribution in [0.5, 0.6) is 0 Å². The molecular formula is C16H20N2OS. The first-order valence-electron chi connectivity index (χ1n) is 7.15. The standard InChI is InChI=1S/C16H20N2OS/c19-12-14-5-3-13(4-6-14)10-18-8-1-2-15(11-18)16-17-7-9-20-16/h3-7,9,15,19H,1-2,8,10-12H2. The minimum absolute atomic E-state index is 0.121. The monoisotopic (exact) mass is 288 g/mol. The molecule has 0 radical (unpaired) electrons. The second kappa shape index (κ2) is 6.48. The van der Waals surface area contributed by atoms with E-state index in [1.165, 1.54) is 30.0 Å². The summed E-state index contributed by atoms with van der Waals surface area (Å²) in [7, 11) is 0. The highest BCUT2D eigenvalue weighted by Crippen LogP contribution is 2.28. The summed E-state index contributed by atoms with van der Waals surface area (Å²) >= 11 is 1.78. The van der Waals surface area contributed by atoms with E-state index in [4.69, 9.17) is 5.11 Å². The number of aliphatic hydroxyl groups excluding tert-OH is 1. The molecule has 0 spiro atoms. The Hall–Kier alpha value is -1.23. The highest BCUT2D eigenvalue weighted by molar-refractivity contribution is 7.09. The number of likely N-dealkylation sites (tertiary alicyclic amines) is 1. The summed E-state index contributed by atoms with van der Waals surface area (Å²) in [6.07, 6.45) is 4.42. The van der Waals surface area contributed by atoms with E-state index in [0.29, 0.717) is 5.92 Å². The van der Waals surface area contributed by atoms with Gasteiger partial charge >= 0.3 is 0 Å². The Kier molecular flexibility index (Phi) is 4.45. The molecule has 0 bridgehead atoms. The predicted molar refractivity (Wildman–Crippen MR) is 81.7 cm³/mol. The van der Waals surface area contributed by atoms with Gasteiger partial charge in [0, 0.05) is 30.6 Å². The van der Waals surface area contributed by atoms with Crippen LogP contribution >= 0.6 is 11.3 Å². The molecule has 1 aromatic carbocycles. The Balaban J connectivity index is 1.62. The lowest BCUT2D eigenvalue weighted by Gasteiger charge is -2.31. The van der Waals surface area contributed by atoms with Crippen LogP contribution in [0.15, 0.2) is 35.8 Å². The summed E-state index contributed by atoms with van der Waals surface area (Å²) in [6.45, 7) is 3.39. The molecule has 0 saturated carbocycles. The molecule has 3 rings (SSSR count). The lowest BCUT2D eigenvalue weighted by Crippen LogP contribution is -2.33. The maximum atomic E-state index is 9.07. The lowest BCUT2D eigenvalue weighted by atomic mass is 9.98. The molecule has 0 amide bonds. The zero-order chi connectivity index (χ0) is 13.8. The average molecular weight is 288 g/mol. The van der Waals surface area contributed by atoms with Crippen molar-refractivity contribution in [1.82, 2.24) is 9.88 Å². The van der Waals surface area contributed by atoms with Crippen molar-refractivity contribution >= 4 is 11.3 Å². The number of aliphatic hydroxyl groups is 1. The first-order valence-corrected chi connectivity index (χ1v) is 8.03. The second-order valence-corrected chi connectivity index (χ2v) is 6.35. The van der Waals surface area contributed by atoms with E-state index in [1.807, 2.05) is 18.3 Å². The summed E-state index contributed by atoms with van der Waals surface area (Å²) in [5.74, 6) is 0.598. The quantitative estimate of drug-likeness (QED) is 0.939. The Labute approximate surface area is 123 Å². The van der Waals surface area contributed by atoms with Crippen molar-refractivity contribution in [3.05, 3.63) is 52.0 Å². The van der Waals surface area contributed by atoms with Gasteiger partial charge in [0.25, 0.3) is 0 Å². The van der Waals surface area contributed by atoms with Crippen molar-refractivity contribution in [2.24, 2.45) is 0 Å². The third-order valence-corrected chi connectivity index (χ3v) is 4.86. The van der Waals surface area contributed by atoms with Crippen LogP contribution in [-0.4, -0.2) is 28.1 Å². The summed E-state index contributed by atoms with van der Waals surface area (Å²) in [4.78, 5) is 6.99. The number of rotatable bonds is 4. The summed E-state index contributed by atoms with van der Waals surface area (Å²) < 4.78 is 0. The number of hydrogen-bond donors (Lipinski definition) is 1. The highest BCUT2D eigenvalue weighted by atomic mass is 32.1. The molecule has 1 aromatic heterocycles. The summed E-state index contributed by atoms with van der Waals surface area (Å²) in [5.41, 5.74) is 2.30. The van der Waals surface area contributed by atoms with Gasteiger partial charge in [-0.25, -0.2) is 4.98 Å². The largest absolute Gasteiger partial charge is 0.392 e. The molecular weight excluding hydrogens is 268 g/mol. The van der Waals surface area contributed by atoms with Crippen LogP contribution in [0.3, 0.4) is 0 Å². The van der Waals surface area contributed by atoms with Gasteiger partial charge in [0.15, 0.2) is 0 Å². The van der Waals surface area contributed by atoms with Crippen LogP contribution in [-0.2, 0) is 13.2 Å². The zero-order valence-electron chi connectivity index (χ0n) is 11.5. The van der Waals surface area contributed by atoms with Crippen molar-refractivity contribution < 1.29 is 5.11 Å². The Morgan fingerprint density at radius 1 is 1.25 bits per heavy atom. The van der Waals surface area contributed by atoms with Gasteiger partial charge in [0.2, 0.25) is 0 Å². The van der Waals surface area contributed by atoms with Crippen LogP contribution in [0.4, 0.5) is 0 Å². The predicted octanol–water partition coefficient (Wildman–Crippen LogP) is 3.02. The molecule has 1 fully saturated rings. The average Bonchev–Trinajstić information content (AvgIpc) is 3.03. The molecule has 2 aromatic rings. The van der Waals surface area contributed by atoms with Gasteiger partial charge in [-0.3, -0.25) is 4.90 Å². The molecule has 3 nitrogen and oxygen atoms in total. The van der Waals surface area contributed by atoms with Gasteiger partial charge in [-0.05, 0) is 30.5 Å². The molecule has 0 aliphatic carbocycles. The summed E-state index contributed by atoms with van der Waals surface area (Å²) in [5, 5.41) is 12.4. The first kappa shape index (κ1) is 13.7. The Morgan fingerprint density at radius 3 is 2.75 bits per heavy atom. The number of nitrogens with zero attached hydrogens (tertiary/aromatic N) is 2. The van der Waals surface area contributed by atoms with Crippen molar-refractivity contribution in [1.29, 1.82) is 0 Å². The molecule has 2 heterocycles. The second-order valence-electron chi connectivity index (χ2n) is 5.42. The Morgan fingerprint density at radius 2 is 2.05 bits per heavy atom. The van der Waals surface area contributed by atoms with E-state index >= 15 is 0 Å². The van der Waals surface area contributed by atoms with Crippen LogP contribution in [0.2, 0.25) is 0 Å². The molecule has 20 heavy (non-hydrogen) atoms. The fourth-order valence-corrected chi connectivity index (χ4v) is 3.61. The van der Waals surface area contributed by atoms with E-state index in [2.05, 4.69) is 27.4 Å². The van der Waals surface area contributed by atoms with E-state index in [1.54, 1.807) is 11.3 Å². The van der Waals surface area contributed by atoms with Gasteiger partial charge in [0.1, 0.15) is 0 Å². The molecule has 1 aliphatic rings. The van der Waals surface area contributed by atoms with Crippen LogP contribution in [0.1, 0.15) is 34.9 Å². The fourth-order valence-electron chi connectivity index (χ4n) is 2.85. The van der Waals surface area contributed by atoms with Gasteiger partial charge < -0.3 is 5.11 Å². The van der Waals surface area contributed by atoms with Crippen molar-refractivity contribution in [2.75, 3.05) is 13.1 Å². The minimum Gasteiger partial charge on any atom is -0.392 e. The first-order chi connectivity index (χ1) is 9.85. The lowest BCUT2D eigenvalue weighted by molar-refractivity contribution is 0.200. The van der Waals surface area contributed by atoms with Gasteiger partial charge in [-0.15, -0.1) is 11.3 Å². The van der Waals surface area contributed by atoms with Crippen LogP contribution < -0.4 is 0 Å². The molecule has 1 N–H and O–H groups in total. The van der Waals surface area contributed by atoms with E-state index in [0.717, 1.165) is 18.7 Å². The molecule has 1 unspecified atom stereocenters. The minimum atomic E-state index is 0.121. The third kappa shape index (κ3) is 3.26. The molecule has 1 saturated heterocycles. The Bertz CT molecular complexity index is 524. The number of hydrogen-bond acceptors (Lipinski definition) is 4. The van der Waals surface area contributed by atoms with E-state index < -0.39 is 0 Å². The van der Waals surface area contributed by atoms with Crippen molar-refractivity contribution in [2.45, 2.75) is 31.9 Å². The number of benzene rings is 1. The molecule has 106 valence electrons. The molecule has 1 aliphatic heterocycles. The molecule has 4 heteroatoms. The highest BCUT2D eigenvalue weighted by Gasteiger charge is 2.22. The summed E-state index contributed by atoms with van der Waals surface area (Å²) in [6, 6.07) is 8.27. The van der Waals surface area contributed by atoms with Gasteiger partial charge in [-0.2, -0.15) is 0 Å². The number of thiazole rings is 1. The number of piperidine rings is 1. The fraction of sp³-hybridized carbons (Fsp3) is 0.438. The van der Waals surface area contributed by atoms with Gasteiger partial charge in [0.05, 0.1) is 11.6 Å². The van der Waals surface area contributed by atoms with Gasteiger partial charge in [-0.1, -0.05) is 24.3 Å². The van der Waals surface area contributed by atoms with Crippen molar-refractivity contribution in [3.8, 4) is 0 Å². The SMILES string of the molecule is OCc1ccc(CN2CCCC(c3nccs3)C2)cc1. The van der Waals surface area contributed by atoms with E-state index in [-0.39, 0.29) is 6.61 Å². The van der Waals surface area contributed by atoms with Crippen LogP contribution in [0.25, 0.3) is 0 Å². The topological polar surface area (TPSA) is 36.4 Å².